The van der Waals surface area contributed by atoms with Crippen LogP contribution in [0.25, 0.3) is 0 Å². The van der Waals surface area contributed by atoms with E-state index in [4.69, 9.17) is 5.73 Å². The van der Waals surface area contributed by atoms with Gasteiger partial charge in [-0.1, -0.05) is 0 Å². The Morgan fingerprint density at radius 3 is 1.85 bits per heavy atom. The molecule has 0 saturated heterocycles. The van der Waals surface area contributed by atoms with Crippen LogP contribution in [0.15, 0.2) is 0 Å². The molecule has 0 aliphatic heterocycles. The lowest BCUT2D eigenvalue weighted by Gasteiger charge is -2.18. The molecule has 0 aromatic rings. The average molecular weight is 229 g/mol. The molecule has 0 atom stereocenters. The second-order valence-corrected chi connectivity index (χ2v) is 2.01. The minimum Gasteiger partial charge on any atom is -1.00 e. The summed E-state index contributed by atoms with van der Waals surface area (Å²) in [5.41, 5.74) is 4.86. The van der Waals surface area contributed by atoms with Gasteiger partial charge in [-0.05, 0) is 13.0 Å². The SMILES string of the molecule is NCCCOC(F)(F)C(F)(F)F.[Cl-]. The van der Waals surface area contributed by atoms with Gasteiger partial charge in [-0.2, -0.15) is 22.0 Å². The summed E-state index contributed by atoms with van der Waals surface area (Å²) in [6, 6.07) is 0. The fraction of sp³-hybridized carbons (Fsp3) is 1.00. The zero-order valence-electron chi connectivity index (χ0n) is 6.37. The van der Waals surface area contributed by atoms with Crippen molar-refractivity contribution in [1.29, 1.82) is 0 Å². The van der Waals surface area contributed by atoms with Crippen molar-refractivity contribution in [2.24, 2.45) is 5.73 Å². The molecule has 0 bridgehead atoms. The molecule has 0 fully saturated rings. The van der Waals surface area contributed by atoms with Crippen LogP contribution in [0.4, 0.5) is 22.0 Å². The predicted octanol–water partition coefficient (Wildman–Crippen LogP) is -1.49. The summed E-state index contributed by atoms with van der Waals surface area (Å²) in [4.78, 5) is 0. The summed E-state index contributed by atoms with van der Waals surface area (Å²) in [6.07, 6.45) is -10.8. The van der Waals surface area contributed by atoms with Crippen molar-refractivity contribution in [2.75, 3.05) is 13.2 Å². The Balaban J connectivity index is 0. The van der Waals surface area contributed by atoms with E-state index in [9.17, 15) is 22.0 Å². The number of nitrogens with two attached hydrogens (primary N) is 1. The van der Waals surface area contributed by atoms with E-state index in [1.54, 1.807) is 0 Å². The zero-order valence-corrected chi connectivity index (χ0v) is 7.13. The molecule has 0 amide bonds. The molecule has 82 valence electrons. The van der Waals surface area contributed by atoms with E-state index >= 15 is 0 Å². The molecule has 8 heteroatoms. The maximum absolute atomic E-state index is 11.9. The quantitative estimate of drug-likeness (QED) is 0.470. The number of hydrogen-bond acceptors (Lipinski definition) is 2. The van der Waals surface area contributed by atoms with Gasteiger partial charge in [-0.25, -0.2) is 0 Å². The fourth-order valence-electron chi connectivity index (χ4n) is 0.366. The Kier molecular flexibility index (Phi) is 6.56. The van der Waals surface area contributed by atoms with Crippen molar-refractivity contribution >= 4 is 0 Å². The largest absolute Gasteiger partial charge is 1.00 e. The highest BCUT2D eigenvalue weighted by molar-refractivity contribution is 4.63. The number of rotatable bonds is 4. The zero-order chi connectivity index (χ0) is 9.83. The Labute approximate surface area is 77.6 Å². The lowest BCUT2D eigenvalue weighted by molar-refractivity contribution is -0.391. The highest BCUT2D eigenvalue weighted by Gasteiger charge is 2.59. The summed E-state index contributed by atoms with van der Waals surface area (Å²) in [6.45, 7) is -0.697. The van der Waals surface area contributed by atoms with Gasteiger partial charge in [0, 0.05) is 0 Å². The molecule has 2 nitrogen and oxygen atoms in total. The van der Waals surface area contributed by atoms with Crippen LogP contribution in [-0.2, 0) is 4.74 Å². The van der Waals surface area contributed by atoms with E-state index < -0.39 is 18.9 Å². The van der Waals surface area contributed by atoms with Gasteiger partial charge in [-0.3, -0.25) is 0 Å². The summed E-state index contributed by atoms with van der Waals surface area (Å²) in [5.74, 6) is 0. The Hall–Kier alpha value is -0.140. The normalized spacial score (nSPS) is 12.5. The van der Waals surface area contributed by atoms with Gasteiger partial charge in [0.05, 0.1) is 6.61 Å². The number of hydrogen-bond donors (Lipinski definition) is 1. The smallest absolute Gasteiger partial charge is 0.482 e. The molecule has 0 saturated carbocycles. The van der Waals surface area contributed by atoms with Crippen molar-refractivity contribution < 1.29 is 39.1 Å². The van der Waals surface area contributed by atoms with Gasteiger partial charge in [0.2, 0.25) is 0 Å². The van der Waals surface area contributed by atoms with E-state index in [2.05, 4.69) is 4.74 Å². The van der Waals surface area contributed by atoms with E-state index in [0.29, 0.717) is 0 Å². The summed E-state index contributed by atoms with van der Waals surface area (Å²) >= 11 is 0. The van der Waals surface area contributed by atoms with E-state index in [0.717, 1.165) is 0 Å². The Bertz CT molecular complexity index is 139. The molecule has 0 unspecified atom stereocenters. The number of alkyl halides is 5. The first kappa shape index (κ1) is 15.3. The molecule has 0 spiro atoms. The molecular formula is C5H8ClF5NO-. The number of halogens is 6. The fourth-order valence-corrected chi connectivity index (χ4v) is 0.366. The first-order valence-electron chi connectivity index (χ1n) is 3.10. The maximum atomic E-state index is 11.9. The monoisotopic (exact) mass is 228 g/mol. The van der Waals surface area contributed by atoms with Crippen molar-refractivity contribution in [3.05, 3.63) is 0 Å². The molecule has 13 heavy (non-hydrogen) atoms. The topological polar surface area (TPSA) is 35.2 Å². The third-order valence-corrected chi connectivity index (χ3v) is 0.962. The van der Waals surface area contributed by atoms with Crippen molar-refractivity contribution in [2.45, 2.75) is 18.7 Å². The third-order valence-electron chi connectivity index (χ3n) is 0.962. The van der Waals surface area contributed by atoms with Crippen LogP contribution < -0.4 is 18.1 Å². The third kappa shape index (κ3) is 5.22. The lowest BCUT2D eigenvalue weighted by atomic mass is 10.4. The van der Waals surface area contributed by atoms with Crippen molar-refractivity contribution in [1.82, 2.24) is 0 Å². The molecule has 0 aromatic heterocycles. The molecule has 0 aliphatic rings. The van der Waals surface area contributed by atoms with Crippen LogP contribution in [-0.4, -0.2) is 25.4 Å². The minimum atomic E-state index is -5.65. The van der Waals surface area contributed by atoms with Crippen molar-refractivity contribution in [3.63, 3.8) is 0 Å². The average Bonchev–Trinajstić information content (AvgIpc) is 1.85. The number of ether oxygens (including phenoxy) is 1. The second-order valence-electron chi connectivity index (χ2n) is 2.01. The highest BCUT2D eigenvalue weighted by atomic mass is 35.5. The predicted molar refractivity (Wildman–Crippen MR) is 30.6 cm³/mol. The summed E-state index contributed by atoms with van der Waals surface area (Å²) in [5, 5.41) is 0. The highest BCUT2D eigenvalue weighted by Crippen LogP contribution is 2.36. The van der Waals surface area contributed by atoms with Crippen molar-refractivity contribution in [3.8, 4) is 0 Å². The first-order valence-corrected chi connectivity index (χ1v) is 3.10. The van der Waals surface area contributed by atoms with Crippen LogP contribution in [0.1, 0.15) is 6.42 Å². The molecule has 0 aliphatic carbocycles. The molecule has 0 rings (SSSR count). The van der Waals surface area contributed by atoms with E-state index in [1.165, 1.54) is 0 Å². The molecular weight excluding hydrogens is 221 g/mol. The maximum Gasteiger partial charge on any atom is 0.482 e. The molecule has 0 radical (unpaired) electrons. The van der Waals surface area contributed by atoms with Gasteiger partial charge >= 0.3 is 12.3 Å². The van der Waals surface area contributed by atoms with Crippen LogP contribution >= 0.6 is 0 Å². The van der Waals surface area contributed by atoms with E-state index in [1.807, 2.05) is 0 Å². The minimum absolute atomic E-state index is 0. The van der Waals surface area contributed by atoms with Gasteiger partial charge in [0.1, 0.15) is 0 Å². The van der Waals surface area contributed by atoms with Gasteiger partial charge in [-0.15, -0.1) is 0 Å². The van der Waals surface area contributed by atoms with E-state index in [-0.39, 0.29) is 25.4 Å². The summed E-state index contributed by atoms with van der Waals surface area (Å²) in [7, 11) is 0. The second kappa shape index (κ2) is 5.56. The lowest BCUT2D eigenvalue weighted by Crippen LogP contribution is -3.00. The molecule has 0 heterocycles. The summed E-state index contributed by atoms with van der Waals surface area (Å²) < 4.78 is 61.1. The molecule has 2 N–H and O–H groups in total. The van der Waals surface area contributed by atoms with Crippen LogP contribution in [0.5, 0.6) is 0 Å². The van der Waals surface area contributed by atoms with Crippen LogP contribution in [0, 0.1) is 0 Å². The van der Waals surface area contributed by atoms with Crippen LogP contribution in [0.3, 0.4) is 0 Å². The van der Waals surface area contributed by atoms with Gasteiger partial charge in [0.25, 0.3) is 0 Å². The van der Waals surface area contributed by atoms with Crippen LogP contribution in [0.2, 0.25) is 0 Å². The Morgan fingerprint density at radius 2 is 1.54 bits per heavy atom. The standard InChI is InChI=1S/C5H8F5NO.ClH/c6-4(7,8)5(9,10)12-3-1-2-11;/h1-3,11H2;1H/p-1. The van der Waals surface area contributed by atoms with Gasteiger partial charge < -0.3 is 22.9 Å². The molecule has 0 aromatic carbocycles. The first-order chi connectivity index (χ1) is 5.31. The Morgan fingerprint density at radius 1 is 1.08 bits per heavy atom. The van der Waals surface area contributed by atoms with Gasteiger partial charge in [0.15, 0.2) is 0 Å².